The molecular weight excluding hydrogens is 352 g/mol. The van der Waals surface area contributed by atoms with Gasteiger partial charge in [0.25, 0.3) is 0 Å². The van der Waals surface area contributed by atoms with Gasteiger partial charge in [0, 0.05) is 13.1 Å². The average Bonchev–Trinajstić information content (AvgIpc) is 2.70. The van der Waals surface area contributed by atoms with E-state index in [-0.39, 0.29) is 6.10 Å². The molecule has 0 spiro atoms. The van der Waals surface area contributed by atoms with Gasteiger partial charge < -0.3 is 15.0 Å². The molecule has 1 N–H and O–H groups in total. The fourth-order valence-electron chi connectivity index (χ4n) is 3.53. The molecule has 0 unspecified atom stereocenters. The summed E-state index contributed by atoms with van der Waals surface area (Å²) in [4.78, 5) is 26.7. The van der Waals surface area contributed by atoms with Gasteiger partial charge in [0.2, 0.25) is 0 Å². The zero-order valence-corrected chi connectivity index (χ0v) is 16.6. The number of piperidine rings is 1. The zero-order chi connectivity index (χ0) is 19.9. The molecule has 1 aliphatic rings. The fourth-order valence-corrected chi connectivity index (χ4v) is 3.53. The van der Waals surface area contributed by atoms with Crippen LogP contribution in [-0.4, -0.2) is 35.9 Å². The van der Waals surface area contributed by atoms with E-state index in [2.05, 4.69) is 29.6 Å². The largest absolute Gasteiger partial charge is 0.489 e. The normalized spacial score (nSPS) is 14.8. The van der Waals surface area contributed by atoms with Crippen LogP contribution in [0.15, 0.2) is 54.6 Å². The highest BCUT2D eigenvalue weighted by atomic mass is 16.5. The number of para-hydroxylation sites is 2. The molecule has 2 aromatic rings. The molecule has 0 aromatic heterocycles. The SMILES string of the molecule is CC(C)Oc1ccccc1NC(=O)C(=O)N1CCC(Cc2ccccc2)CC1. The minimum atomic E-state index is -0.610. The summed E-state index contributed by atoms with van der Waals surface area (Å²) in [6, 6.07) is 17.6. The Bertz CT molecular complexity index is 797. The number of ether oxygens (including phenoxy) is 1. The molecule has 148 valence electrons. The first-order valence-electron chi connectivity index (χ1n) is 9.93. The molecule has 0 radical (unpaired) electrons. The van der Waals surface area contributed by atoms with Crippen LogP contribution in [0, 0.1) is 5.92 Å². The second-order valence-corrected chi connectivity index (χ2v) is 7.54. The van der Waals surface area contributed by atoms with E-state index in [0.29, 0.717) is 30.4 Å². The Morgan fingerprint density at radius 2 is 1.68 bits per heavy atom. The number of hydrogen-bond acceptors (Lipinski definition) is 3. The van der Waals surface area contributed by atoms with Gasteiger partial charge in [0.15, 0.2) is 0 Å². The molecule has 1 aliphatic heterocycles. The first-order valence-corrected chi connectivity index (χ1v) is 9.93. The molecule has 1 heterocycles. The fraction of sp³-hybridized carbons (Fsp3) is 0.391. The number of rotatable bonds is 5. The van der Waals surface area contributed by atoms with Gasteiger partial charge in [-0.3, -0.25) is 9.59 Å². The topological polar surface area (TPSA) is 58.6 Å². The van der Waals surface area contributed by atoms with Crippen LogP contribution in [0.4, 0.5) is 5.69 Å². The van der Waals surface area contributed by atoms with Crippen molar-refractivity contribution in [3.05, 3.63) is 60.2 Å². The number of amides is 2. The third-order valence-corrected chi connectivity index (χ3v) is 4.96. The van der Waals surface area contributed by atoms with Crippen molar-refractivity contribution in [3.63, 3.8) is 0 Å². The third-order valence-electron chi connectivity index (χ3n) is 4.96. The number of likely N-dealkylation sites (tertiary alicyclic amines) is 1. The van der Waals surface area contributed by atoms with Crippen molar-refractivity contribution < 1.29 is 14.3 Å². The minimum Gasteiger partial charge on any atom is -0.489 e. The molecular formula is C23H28N2O3. The molecule has 0 saturated carbocycles. The molecule has 0 bridgehead atoms. The quantitative estimate of drug-likeness (QED) is 0.801. The lowest BCUT2D eigenvalue weighted by atomic mass is 9.90. The van der Waals surface area contributed by atoms with Gasteiger partial charge in [-0.25, -0.2) is 0 Å². The highest BCUT2D eigenvalue weighted by molar-refractivity contribution is 6.39. The van der Waals surface area contributed by atoms with Gasteiger partial charge in [-0.1, -0.05) is 42.5 Å². The number of nitrogens with zero attached hydrogens (tertiary/aromatic N) is 1. The van der Waals surface area contributed by atoms with Crippen LogP contribution in [-0.2, 0) is 16.0 Å². The van der Waals surface area contributed by atoms with E-state index in [0.717, 1.165) is 19.3 Å². The predicted octanol–water partition coefficient (Wildman–Crippen LogP) is 3.89. The first-order chi connectivity index (χ1) is 13.5. The second kappa shape index (κ2) is 9.40. The molecule has 5 heteroatoms. The summed E-state index contributed by atoms with van der Waals surface area (Å²) >= 11 is 0. The van der Waals surface area contributed by atoms with E-state index in [9.17, 15) is 9.59 Å². The molecule has 0 aliphatic carbocycles. The maximum absolute atomic E-state index is 12.6. The van der Waals surface area contributed by atoms with E-state index in [1.165, 1.54) is 5.56 Å². The summed E-state index contributed by atoms with van der Waals surface area (Å²) < 4.78 is 5.70. The molecule has 0 atom stereocenters. The van der Waals surface area contributed by atoms with E-state index >= 15 is 0 Å². The highest BCUT2D eigenvalue weighted by Crippen LogP contribution is 2.25. The third kappa shape index (κ3) is 5.35. The van der Waals surface area contributed by atoms with Crippen molar-refractivity contribution in [2.45, 2.75) is 39.2 Å². The van der Waals surface area contributed by atoms with E-state index in [1.54, 1.807) is 17.0 Å². The molecule has 2 aromatic carbocycles. The Balaban J connectivity index is 1.53. The monoisotopic (exact) mass is 380 g/mol. The minimum absolute atomic E-state index is 0.0163. The average molecular weight is 380 g/mol. The number of benzene rings is 2. The van der Waals surface area contributed by atoms with Crippen molar-refractivity contribution in [2.24, 2.45) is 5.92 Å². The lowest BCUT2D eigenvalue weighted by Gasteiger charge is -2.31. The molecule has 5 nitrogen and oxygen atoms in total. The van der Waals surface area contributed by atoms with E-state index < -0.39 is 11.8 Å². The van der Waals surface area contributed by atoms with Crippen molar-refractivity contribution >= 4 is 17.5 Å². The molecule has 2 amide bonds. The van der Waals surface area contributed by atoms with Gasteiger partial charge in [-0.15, -0.1) is 0 Å². The van der Waals surface area contributed by atoms with Crippen LogP contribution in [0.2, 0.25) is 0 Å². The van der Waals surface area contributed by atoms with Crippen LogP contribution in [0.5, 0.6) is 5.75 Å². The smallest absolute Gasteiger partial charge is 0.314 e. The maximum Gasteiger partial charge on any atom is 0.314 e. The Labute approximate surface area is 166 Å². The van der Waals surface area contributed by atoms with Crippen LogP contribution in [0.3, 0.4) is 0 Å². The van der Waals surface area contributed by atoms with Gasteiger partial charge in [-0.2, -0.15) is 0 Å². The standard InChI is InChI=1S/C23H28N2O3/c1-17(2)28-21-11-7-6-10-20(21)24-22(26)23(27)25-14-12-19(13-15-25)16-18-8-4-3-5-9-18/h3-11,17,19H,12-16H2,1-2H3,(H,24,26). The molecule has 3 rings (SSSR count). The lowest BCUT2D eigenvalue weighted by Crippen LogP contribution is -2.44. The summed E-state index contributed by atoms with van der Waals surface area (Å²) in [6.45, 7) is 5.08. The summed E-state index contributed by atoms with van der Waals surface area (Å²) in [6.07, 6.45) is 2.84. The van der Waals surface area contributed by atoms with Crippen LogP contribution < -0.4 is 10.1 Å². The van der Waals surface area contributed by atoms with Crippen LogP contribution in [0.1, 0.15) is 32.3 Å². The summed E-state index contributed by atoms with van der Waals surface area (Å²) in [7, 11) is 0. The highest BCUT2D eigenvalue weighted by Gasteiger charge is 2.27. The Morgan fingerprint density at radius 1 is 1.04 bits per heavy atom. The van der Waals surface area contributed by atoms with E-state index in [1.807, 2.05) is 32.0 Å². The lowest BCUT2D eigenvalue weighted by molar-refractivity contribution is -0.144. The Kier molecular flexibility index (Phi) is 6.69. The second-order valence-electron chi connectivity index (χ2n) is 7.54. The summed E-state index contributed by atoms with van der Waals surface area (Å²) in [5.74, 6) is 0.0359. The number of hydrogen-bond donors (Lipinski definition) is 1. The van der Waals surface area contributed by atoms with Crippen molar-refractivity contribution in [1.29, 1.82) is 0 Å². The van der Waals surface area contributed by atoms with Gasteiger partial charge in [-0.05, 0) is 56.7 Å². The molecule has 1 fully saturated rings. The zero-order valence-electron chi connectivity index (χ0n) is 16.6. The van der Waals surface area contributed by atoms with Crippen LogP contribution >= 0.6 is 0 Å². The maximum atomic E-state index is 12.6. The van der Waals surface area contributed by atoms with Gasteiger partial charge in [0.1, 0.15) is 5.75 Å². The predicted molar refractivity (Wildman–Crippen MR) is 110 cm³/mol. The van der Waals surface area contributed by atoms with Crippen molar-refractivity contribution in [2.75, 3.05) is 18.4 Å². The van der Waals surface area contributed by atoms with Gasteiger partial charge in [0.05, 0.1) is 11.8 Å². The summed E-state index contributed by atoms with van der Waals surface area (Å²) in [5, 5.41) is 2.71. The van der Waals surface area contributed by atoms with Crippen molar-refractivity contribution in [3.8, 4) is 5.75 Å². The Morgan fingerprint density at radius 3 is 2.36 bits per heavy atom. The number of carbonyl (C=O) groups is 2. The van der Waals surface area contributed by atoms with Gasteiger partial charge >= 0.3 is 11.8 Å². The first kappa shape index (κ1) is 19.9. The number of carbonyl (C=O) groups excluding carboxylic acids is 2. The Hall–Kier alpha value is -2.82. The molecule has 28 heavy (non-hydrogen) atoms. The summed E-state index contributed by atoms with van der Waals surface area (Å²) in [5.41, 5.74) is 1.85. The van der Waals surface area contributed by atoms with E-state index in [4.69, 9.17) is 4.74 Å². The van der Waals surface area contributed by atoms with Crippen molar-refractivity contribution in [1.82, 2.24) is 4.90 Å². The number of anilines is 1. The van der Waals surface area contributed by atoms with Crippen LogP contribution in [0.25, 0.3) is 0 Å². The molecule has 1 saturated heterocycles. The number of nitrogens with one attached hydrogen (secondary N) is 1.